The lowest BCUT2D eigenvalue weighted by molar-refractivity contribution is 0.0782. The number of nitrogens with one attached hydrogen (secondary N) is 1. The molecule has 3 aromatic rings. The van der Waals surface area contributed by atoms with Gasteiger partial charge in [0.15, 0.2) is 17.4 Å². The number of hydrogen-bond acceptors (Lipinski definition) is 6. The van der Waals surface area contributed by atoms with Crippen molar-refractivity contribution < 1.29 is 14.3 Å². The predicted octanol–water partition coefficient (Wildman–Crippen LogP) is 4.54. The second kappa shape index (κ2) is 11.4. The van der Waals surface area contributed by atoms with Gasteiger partial charge in [0, 0.05) is 13.6 Å². The van der Waals surface area contributed by atoms with E-state index in [0.29, 0.717) is 18.7 Å². The maximum Gasteiger partial charge on any atom is 0.257 e. The van der Waals surface area contributed by atoms with Gasteiger partial charge in [0.2, 0.25) is 0 Å². The fourth-order valence-electron chi connectivity index (χ4n) is 3.41. The Balaban J connectivity index is 1.85. The minimum absolute atomic E-state index is 0.00858. The number of nitrogens with zero attached hydrogens (tertiary/aromatic N) is 3. The summed E-state index contributed by atoms with van der Waals surface area (Å²) in [6, 6.07) is 17.8. The predicted molar refractivity (Wildman–Crippen MR) is 138 cm³/mol. The number of aromatic hydroxyl groups is 1. The average Bonchev–Trinajstić information content (AvgIpc) is 3.27. The molecule has 4 N–H and O–H groups in total. The van der Waals surface area contributed by atoms with Crippen molar-refractivity contribution in [3.05, 3.63) is 83.3 Å². The van der Waals surface area contributed by atoms with Gasteiger partial charge in [-0.05, 0) is 43.2 Å². The van der Waals surface area contributed by atoms with Crippen LogP contribution < -0.4 is 10.5 Å². The van der Waals surface area contributed by atoms with E-state index in [1.807, 2.05) is 56.3 Å². The van der Waals surface area contributed by atoms with Gasteiger partial charge in [0.25, 0.3) is 5.91 Å². The topological polar surface area (TPSA) is 116 Å². The standard InChI is InChI=1S/C25H29N5O3S/c1-4-19(21-14-13-16(2)33-21)28-24(29-34)23(26)27-20-12-8-11-18(22(20)31)25(32)30(3)15-17-9-6-5-7-10-17/h5-14,19,31,34H,4,15H2,1-3H3,(H2,26,27)(H,28,29)/t19-/m1/s1. The van der Waals surface area contributed by atoms with E-state index in [1.54, 1.807) is 25.2 Å². The highest BCUT2D eigenvalue weighted by atomic mass is 32.1. The van der Waals surface area contributed by atoms with Gasteiger partial charge in [0.05, 0.1) is 5.56 Å². The number of thiol groups is 1. The Hall–Kier alpha value is -3.72. The maximum absolute atomic E-state index is 13.0. The zero-order valence-electron chi connectivity index (χ0n) is 19.4. The van der Waals surface area contributed by atoms with Crippen LogP contribution in [0.3, 0.4) is 0 Å². The quantitative estimate of drug-likeness (QED) is 0.226. The first-order valence-corrected chi connectivity index (χ1v) is 11.3. The molecular formula is C25H29N5O3S. The number of furan rings is 1. The summed E-state index contributed by atoms with van der Waals surface area (Å²) in [7, 11) is 1.68. The smallest absolute Gasteiger partial charge is 0.257 e. The average molecular weight is 480 g/mol. The van der Waals surface area contributed by atoms with Crippen LogP contribution in [0.4, 0.5) is 5.69 Å². The number of amides is 1. The zero-order chi connectivity index (χ0) is 24.7. The summed E-state index contributed by atoms with van der Waals surface area (Å²) < 4.78 is 8.34. The van der Waals surface area contributed by atoms with Gasteiger partial charge in [-0.2, -0.15) is 0 Å². The van der Waals surface area contributed by atoms with Gasteiger partial charge < -0.3 is 24.9 Å². The van der Waals surface area contributed by atoms with Gasteiger partial charge in [-0.25, -0.2) is 4.99 Å². The molecule has 0 bridgehead atoms. The lowest BCUT2D eigenvalue weighted by Crippen LogP contribution is -2.32. The van der Waals surface area contributed by atoms with Crippen molar-refractivity contribution in [1.82, 2.24) is 9.62 Å². The molecule has 0 aliphatic carbocycles. The van der Waals surface area contributed by atoms with Crippen LogP contribution in [0, 0.1) is 6.92 Å². The van der Waals surface area contributed by atoms with Crippen molar-refractivity contribution in [3.8, 4) is 5.75 Å². The van der Waals surface area contributed by atoms with Crippen molar-refractivity contribution >= 4 is 36.1 Å². The Morgan fingerprint density at radius 3 is 2.53 bits per heavy atom. The third kappa shape index (κ3) is 5.99. The molecular weight excluding hydrogens is 450 g/mol. The summed E-state index contributed by atoms with van der Waals surface area (Å²) in [5.41, 5.74) is 7.43. The van der Waals surface area contributed by atoms with Crippen LogP contribution in [0.25, 0.3) is 0 Å². The summed E-state index contributed by atoms with van der Waals surface area (Å²) in [5, 5.41) is 10.8. The maximum atomic E-state index is 13.0. The molecule has 0 aliphatic heterocycles. The molecule has 0 aliphatic rings. The Kier molecular flexibility index (Phi) is 8.37. The second-order valence-corrected chi connectivity index (χ2v) is 8.00. The Morgan fingerprint density at radius 1 is 1.18 bits per heavy atom. The number of phenols is 1. The third-order valence-electron chi connectivity index (χ3n) is 5.21. The van der Waals surface area contributed by atoms with E-state index in [9.17, 15) is 9.90 Å². The van der Waals surface area contributed by atoms with Crippen molar-refractivity contribution in [2.45, 2.75) is 32.9 Å². The highest BCUT2D eigenvalue weighted by Gasteiger charge is 2.19. The number of aliphatic imine (C=N–C) groups is 2. The van der Waals surface area contributed by atoms with Crippen LogP contribution >= 0.6 is 12.8 Å². The molecule has 8 nitrogen and oxygen atoms in total. The molecule has 3 rings (SSSR count). The molecule has 1 heterocycles. The van der Waals surface area contributed by atoms with Crippen molar-refractivity contribution in [1.29, 1.82) is 0 Å². The number of phenolic OH excluding ortho intramolecular Hbond substituents is 1. The fraction of sp³-hybridized carbons (Fsp3) is 0.240. The van der Waals surface area contributed by atoms with Crippen LogP contribution in [-0.4, -0.2) is 34.6 Å². The number of nitrogens with two attached hydrogens (primary N) is 1. The Labute approximate surface area is 204 Å². The molecule has 0 radical (unpaired) electrons. The monoisotopic (exact) mass is 479 g/mol. The van der Waals surface area contributed by atoms with E-state index in [1.165, 1.54) is 4.90 Å². The zero-order valence-corrected chi connectivity index (χ0v) is 20.3. The van der Waals surface area contributed by atoms with Gasteiger partial charge >= 0.3 is 0 Å². The van der Waals surface area contributed by atoms with Gasteiger partial charge in [-0.15, -0.1) is 0 Å². The van der Waals surface area contributed by atoms with Gasteiger partial charge in [0.1, 0.15) is 23.2 Å². The van der Waals surface area contributed by atoms with Gasteiger partial charge in [-0.3, -0.25) is 9.79 Å². The first-order chi connectivity index (χ1) is 16.3. The van der Waals surface area contributed by atoms with Crippen LogP contribution in [0.1, 0.15) is 46.8 Å². The molecule has 2 aromatic carbocycles. The number of hydrogen-bond donors (Lipinski definition) is 4. The highest BCUT2D eigenvalue weighted by Crippen LogP contribution is 2.31. The molecule has 0 saturated carbocycles. The highest BCUT2D eigenvalue weighted by molar-refractivity contribution is 7.78. The van der Waals surface area contributed by atoms with E-state index in [-0.39, 0.29) is 40.6 Å². The molecule has 0 spiro atoms. The Bertz CT molecular complexity index is 1190. The van der Waals surface area contributed by atoms with E-state index in [4.69, 9.17) is 10.2 Å². The molecule has 0 unspecified atom stereocenters. The molecule has 9 heteroatoms. The summed E-state index contributed by atoms with van der Waals surface area (Å²) in [4.78, 5) is 23.4. The molecule has 0 fully saturated rings. The summed E-state index contributed by atoms with van der Waals surface area (Å²) in [5.74, 6) is 1.12. The summed E-state index contributed by atoms with van der Waals surface area (Å²) in [6.45, 7) is 4.24. The van der Waals surface area contributed by atoms with Crippen LogP contribution in [0.5, 0.6) is 5.75 Å². The molecule has 1 aromatic heterocycles. The SMILES string of the molecule is CC[C@@H](N=C(NS)C(N)=Nc1cccc(C(=O)N(C)Cc2ccccc2)c1O)c1ccc(C)o1. The minimum Gasteiger partial charge on any atom is -0.505 e. The summed E-state index contributed by atoms with van der Waals surface area (Å²) >= 11 is 4.11. The molecule has 1 amide bonds. The lowest BCUT2D eigenvalue weighted by Gasteiger charge is -2.18. The van der Waals surface area contributed by atoms with E-state index >= 15 is 0 Å². The fourth-order valence-corrected chi connectivity index (χ4v) is 3.58. The number of benzene rings is 2. The van der Waals surface area contributed by atoms with E-state index in [2.05, 4.69) is 27.5 Å². The van der Waals surface area contributed by atoms with Gasteiger partial charge in [-0.1, -0.05) is 56.1 Å². The van der Waals surface area contributed by atoms with Crippen molar-refractivity contribution in [3.63, 3.8) is 0 Å². The largest absolute Gasteiger partial charge is 0.505 e. The number of rotatable bonds is 7. The number of aryl methyl sites for hydroxylation is 1. The molecule has 178 valence electrons. The molecule has 34 heavy (non-hydrogen) atoms. The molecule has 1 atom stereocenters. The van der Waals surface area contributed by atoms with Crippen LogP contribution in [0.2, 0.25) is 0 Å². The minimum atomic E-state index is -0.336. The second-order valence-electron chi connectivity index (χ2n) is 7.78. The Morgan fingerprint density at radius 2 is 1.91 bits per heavy atom. The van der Waals surface area contributed by atoms with E-state index < -0.39 is 0 Å². The van der Waals surface area contributed by atoms with Crippen LogP contribution in [-0.2, 0) is 6.54 Å². The van der Waals surface area contributed by atoms with E-state index in [0.717, 1.165) is 11.3 Å². The molecule has 0 saturated heterocycles. The third-order valence-corrected chi connectivity index (χ3v) is 5.42. The number of amidine groups is 2. The normalized spacial score (nSPS) is 12.9. The number of carbonyl (C=O) groups is 1. The number of carbonyl (C=O) groups excluding carboxylic acids is 1. The van der Waals surface area contributed by atoms with Crippen LogP contribution in [0.15, 0.2) is 75.1 Å². The van der Waals surface area contributed by atoms with Crippen molar-refractivity contribution in [2.24, 2.45) is 15.7 Å². The first kappa shape index (κ1) is 24.9. The first-order valence-electron chi connectivity index (χ1n) is 10.8. The number of para-hydroxylation sites is 1. The lowest BCUT2D eigenvalue weighted by atomic mass is 10.1. The van der Waals surface area contributed by atoms with Crippen molar-refractivity contribution in [2.75, 3.05) is 7.05 Å². The summed E-state index contributed by atoms with van der Waals surface area (Å²) in [6.07, 6.45) is 0.669.